The SMILES string of the molecule is Cc1c(C=C2CC3(C2)CN(C(=O)OC(C)(C)C)C3)ccc2cnn(C)c12. The zero-order valence-electron chi connectivity index (χ0n) is 16.3. The van der Waals surface area contributed by atoms with Gasteiger partial charge in [0.1, 0.15) is 5.60 Å². The average molecular weight is 353 g/mol. The molecule has 1 aliphatic heterocycles. The zero-order valence-corrected chi connectivity index (χ0v) is 16.3. The Morgan fingerprint density at radius 3 is 2.62 bits per heavy atom. The monoisotopic (exact) mass is 353 g/mol. The molecule has 1 aromatic carbocycles. The van der Waals surface area contributed by atoms with Crippen LogP contribution < -0.4 is 0 Å². The maximum atomic E-state index is 12.1. The zero-order chi connectivity index (χ0) is 18.7. The number of carbonyl (C=O) groups excluding carboxylic acids is 1. The third-order valence-electron chi connectivity index (χ3n) is 5.47. The molecule has 5 heteroatoms. The summed E-state index contributed by atoms with van der Waals surface area (Å²) < 4.78 is 7.39. The Morgan fingerprint density at radius 1 is 1.27 bits per heavy atom. The van der Waals surface area contributed by atoms with Crippen LogP contribution in [0, 0.1) is 12.3 Å². The summed E-state index contributed by atoms with van der Waals surface area (Å²) in [4.78, 5) is 13.9. The van der Waals surface area contributed by atoms with Gasteiger partial charge in [0.05, 0.1) is 11.7 Å². The number of likely N-dealkylation sites (tertiary alicyclic amines) is 1. The number of hydrogen-bond donors (Lipinski definition) is 0. The topological polar surface area (TPSA) is 47.4 Å². The number of fused-ring (bicyclic) bond motifs is 1. The van der Waals surface area contributed by atoms with E-state index in [2.05, 4.69) is 30.2 Å². The van der Waals surface area contributed by atoms with Crippen molar-refractivity contribution in [2.24, 2.45) is 12.5 Å². The van der Waals surface area contributed by atoms with Crippen LogP contribution in [0.3, 0.4) is 0 Å². The Hall–Kier alpha value is -2.30. The van der Waals surface area contributed by atoms with Gasteiger partial charge in [-0.15, -0.1) is 0 Å². The van der Waals surface area contributed by atoms with Gasteiger partial charge in [0.15, 0.2) is 0 Å². The van der Waals surface area contributed by atoms with Crippen molar-refractivity contribution < 1.29 is 9.53 Å². The molecule has 0 atom stereocenters. The number of hydrogen-bond acceptors (Lipinski definition) is 3. The summed E-state index contributed by atoms with van der Waals surface area (Å²) in [5, 5.41) is 5.54. The molecule has 1 aliphatic carbocycles. The fraction of sp³-hybridized carbons (Fsp3) is 0.524. The first-order chi connectivity index (χ1) is 12.2. The van der Waals surface area contributed by atoms with E-state index < -0.39 is 5.60 Å². The van der Waals surface area contributed by atoms with Gasteiger partial charge in [-0.1, -0.05) is 23.8 Å². The van der Waals surface area contributed by atoms with Crippen LogP contribution in [0.2, 0.25) is 0 Å². The standard InChI is InChI=1S/C21H27N3O2/c1-14-16(6-7-17-11-22-23(5)18(14)17)8-15-9-21(10-15)12-24(13-21)19(25)26-20(2,3)4/h6-8,11H,9-10,12-13H2,1-5H3. The number of amides is 1. The minimum Gasteiger partial charge on any atom is -0.444 e. The Balaban J connectivity index is 1.41. The van der Waals surface area contributed by atoms with Crippen LogP contribution in [0.25, 0.3) is 17.0 Å². The number of carbonyl (C=O) groups is 1. The summed E-state index contributed by atoms with van der Waals surface area (Å²) in [5.74, 6) is 0. The highest BCUT2D eigenvalue weighted by molar-refractivity contribution is 5.85. The highest BCUT2D eigenvalue weighted by Crippen LogP contribution is 2.52. The molecule has 2 aliphatic rings. The van der Waals surface area contributed by atoms with Gasteiger partial charge >= 0.3 is 6.09 Å². The Labute approximate surface area is 154 Å². The molecule has 1 spiro atoms. The van der Waals surface area contributed by atoms with E-state index in [1.54, 1.807) is 0 Å². The second-order valence-corrected chi connectivity index (χ2v) is 8.98. The molecule has 0 radical (unpaired) electrons. The number of aromatic nitrogens is 2. The number of ether oxygens (including phenoxy) is 1. The molecule has 2 aromatic rings. The van der Waals surface area contributed by atoms with E-state index >= 15 is 0 Å². The van der Waals surface area contributed by atoms with Gasteiger partial charge in [-0.25, -0.2) is 4.79 Å². The predicted molar refractivity (Wildman–Crippen MR) is 103 cm³/mol. The average Bonchev–Trinajstić information content (AvgIpc) is 2.82. The van der Waals surface area contributed by atoms with E-state index in [4.69, 9.17) is 4.74 Å². The fourth-order valence-electron chi connectivity index (χ4n) is 4.31. The summed E-state index contributed by atoms with van der Waals surface area (Å²) in [5.41, 5.74) is 5.08. The van der Waals surface area contributed by atoms with Crippen molar-refractivity contribution in [3.63, 3.8) is 0 Å². The van der Waals surface area contributed by atoms with Gasteiger partial charge in [-0.2, -0.15) is 5.10 Å². The van der Waals surface area contributed by atoms with Crippen LogP contribution in [0.1, 0.15) is 44.7 Å². The van der Waals surface area contributed by atoms with Gasteiger partial charge in [0.25, 0.3) is 0 Å². The van der Waals surface area contributed by atoms with Gasteiger partial charge in [-0.3, -0.25) is 4.68 Å². The maximum absolute atomic E-state index is 12.1. The van der Waals surface area contributed by atoms with Crippen LogP contribution in [0.15, 0.2) is 23.9 Å². The first-order valence-corrected chi connectivity index (χ1v) is 9.25. The van der Waals surface area contributed by atoms with Crippen LogP contribution in [-0.2, 0) is 11.8 Å². The molecule has 2 heterocycles. The van der Waals surface area contributed by atoms with E-state index in [0.29, 0.717) is 0 Å². The Morgan fingerprint density at radius 2 is 1.96 bits per heavy atom. The minimum absolute atomic E-state index is 0.182. The molecule has 4 rings (SSSR count). The summed E-state index contributed by atoms with van der Waals surface area (Å²) in [7, 11) is 1.99. The van der Waals surface area contributed by atoms with Gasteiger partial charge < -0.3 is 9.64 Å². The molecule has 0 bridgehead atoms. The van der Waals surface area contributed by atoms with Crippen molar-refractivity contribution >= 4 is 23.1 Å². The van der Waals surface area contributed by atoms with Gasteiger partial charge in [-0.05, 0) is 51.7 Å². The van der Waals surface area contributed by atoms with E-state index in [0.717, 1.165) is 25.9 Å². The smallest absolute Gasteiger partial charge is 0.410 e. The molecular weight excluding hydrogens is 326 g/mol. The molecule has 0 unspecified atom stereocenters. The summed E-state index contributed by atoms with van der Waals surface area (Å²) in [6.45, 7) is 9.53. The number of allylic oxidation sites excluding steroid dienone is 1. The highest BCUT2D eigenvalue weighted by Gasteiger charge is 2.52. The quantitative estimate of drug-likeness (QED) is 0.768. The van der Waals surface area contributed by atoms with Crippen LogP contribution in [0.4, 0.5) is 4.79 Å². The second-order valence-electron chi connectivity index (χ2n) is 8.98. The molecule has 5 nitrogen and oxygen atoms in total. The number of aryl methyl sites for hydroxylation is 2. The minimum atomic E-state index is -0.424. The molecule has 1 saturated heterocycles. The van der Waals surface area contributed by atoms with Crippen molar-refractivity contribution in [1.82, 2.24) is 14.7 Å². The van der Waals surface area contributed by atoms with Crippen molar-refractivity contribution in [2.75, 3.05) is 13.1 Å². The second kappa shape index (κ2) is 5.60. The molecule has 1 amide bonds. The van der Waals surface area contributed by atoms with E-state index in [1.807, 2.05) is 43.6 Å². The van der Waals surface area contributed by atoms with Crippen molar-refractivity contribution in [3.8, 4) is 0 Å². The van der Waals surface area contributed by atoms with Gasteiger partial charge in [0.2, 0.25) is 0 Å². The van der Waals surface area contributed by atoms with E-state index in [9.17, 15) is 4.79 Å². The lowest BCUT2D eigenvalue weighted by atomic mass is 9.60. The largest absolute Gasteiger partial charge is 0.444 e. The lowest BCUT2D eigenvalue weighted by Gasteiger charge is -2.56. The first-order valence-electron chi connectivity index (χ1n) is 9.25. The number of rotatable bonds is 1. The van der Waals surface area contributed by atoms with Gasteiger partial charge in [0, 0.05) is 30.9 Å². The summed E-state index contributed by atoms with van der Waals surface area (Å²) in [6.07, 6.45) is 6.21. The lowest BCUT2D eigenvalue weighted by molar-refractivity contribution is -0.0498. The molecule has 138 valence electrons. The van der Waals surface area contributed by atoms with Crippen molar-refractivity contribution in [1.29, 1.82) is 0 Å². The molecule has 1 aromatic heterocycles. The first kappa shape index (κ1) is 17.1. The number of nitrogens with zero attached hydrogens (tertiary/aromatic N) is 3. The van der Waals surface area contributed by atoms with Crippen molar-refractivity contribution in [3.05, 3.63) is 35.0 Å². The van der Waals surface area contributed by atoms with Crippen LogP contribution in [-0.4, -0.2) is 39.5 Å². The third-order valence-corrected chi connectivity index (χ3v) is 5.47. The molecule has 0 N–H and O–H groups in total. The Kier molecular flexibility index (Phi) is 3.69. The third kappa shape index (κ3) is 2.89. The molecule has 26 heavy (non-hydrogen) atoms. The predicted octanol–water partition coefficient (Wildman–Crippen LogP) is 4.30. The number of benzene rings is 1. The Bertz CT molecular complexity index is 901. The van der Waals surface area contributed by atoms with E-state index in [1.165, 1.54) is 27.6 Å². The van der Waals surface area contributed by atoms with Crippen LogP contribution >= 0.6 is 0 Å². The molecular formula is C21H27N3O2. The molecule has 1 saturated carbocycles. The maximum Gasteiger partial charge on any atom is 0.410 e. The lowest BCUT2D eigenvalue weighted by Crippen LogP contribution is -2.62. The van der Waals surface area contributed by atoms with Crippen LogP contribution in [0.5, 0.6) is 0 Å². The molecule has 2 fully saturated rings. The van der Waals surface area contributed by atoms with E-state index in [-0.39, 0.29) is 11.5 Å². The summed E-state index contributed by atoms with van der Waals surface area (Å²) in [6, 6.07) is 4.33. The summed E-state index contributed by atoms with van der Waals surface area (Å²) >= 11 is 0. The van der Waals surface area contributed by atoms with Crippen molar-refractivity contribution in [2.45, 2.75) is 46.1 Å². The highest BCUT2D eigenvalue weighted by atomic mass is 16.6. The normalized spacial score (nSPS) is 18.7. The fourth-order valence-corrected chi connectivity index (χ4v) is 4.31.